The Morgan fingerprint density at radius 1 is 0.885 bits per heavy atom. The second-order valence-corrected chi connectivity index (χ2v) is 9.90. The predicted octanol–water partition coefficient (Wildman–Crippen LogP) is 6.53. The van der Waals surface area contributed by atoms with Crippen LogP contribution in [0.3, 0.4) is 0 Å². The summed E-state index contributed by atoms with van der Waals surface area (Å²) in [6.45, 7) is 1.24. The molecule has 0 spiro atoms. The summed E-state index contributed by atoms with van der Waals surface area (Å²) in [4.78, 5) is 2.33. The zero-order valence-corrected chi connectivity index (χ0v) is 17.6. The van der Waals surface area contributed by atoms with E-state index in [9.17, 15) is 0 Å². The van der Waals surface area contributed by atoms with Crippen molar-refractivity contribution >= 4 is 12.4 Å². The molecule has 4 aliphatic carbocycles. The second kappa shape index (κ2) is 8.65. The molecule has 5 rings (SSSR count). The van der Waals surface area contributed by atoms with Crippen molar-refractivity contribution in [2.45, 2.75) is 70.1 Å². The van der Waals surface area contributed by atoms with E-state index in [1.165, 1.54) is 51.5 Å². The molecule has 0 amide bonds. The van der Waals surface area contributed by atoms with Gasteiger partial charge in [-0.2, -0.15) is 0 Å². The van der Waals surface area contributed by atoms with E-state index >= 15 is 0 Å². The third kappa shape index (κ3) is 4.30. The minimum atomic E-state index is 0. The van der Waals surface area contributed by atoms with Gasteiger partial charge in [0.25, 0.3) is 0 Å². The van der Waals surface area contributed by atoms with Crippen LogP contribution in [0.2, 0.25) is 0 Å². The first-order valence-electron chi connectivity index (χ1n) is 10.8. The number of benzene rings is 1. The molecule has 0 aliphatic heterocycles. The van der Waals surface area contributed by atoms with Gasteiger partial charge >= 0.3 is 0 Å². The second-order valence-electron chi connectivity index (χ2n) is 9.90. The van der Waals surface area contributed by atoms with Gasteiger partial charge in [-0.3, -0.25) is 0 Å². The van der Waals surface area contributed by atoms with Crippen LogP contribution >= 0.6 is 12.4 Å². The molecule has 146 valence electrons. The Kier molecular flexibility index (Phi) is 6.73. The van der Waals surface area contributed by atoms with Gasteiger partial charge in [-0.15, -0.1) is 12.4 Å². The molecule has 0 heterocycles. The fourth-order valence-electron chi connectivity index (χ4n) is 7.07. The Hall–Kier alpha value is -0.530. The minimum Gasteiger partial charge on any atom is -0.309 e. The summed E-state index contributed by atoms with van der Waals surface area (Å²) in [5.41, 5.74) is 2.30. The normalized spacial score (nSPS) is 33.3. The minimum absolute atomic E-state index is 0. The summed E-state index contributed by atoms with van der Waals surface area (Å²) < 4.78 is 0. The molecule has 1 nitrogen and oxygen atoms in total. The number of rotatable bonds is 8. The first-order valence-corrected chi connectivity index (χ1v) is 10.8. The van der Waals surface area contributed by atoms with Gasteiger partial charge in [0.15, 0.2) is 0 Å². The summed E-state index contributed by atoms with van der Waals surface area (Å²) >= 11 is 0. The lowest BCUT2D eigenvalue weighted by Crippen LogP contribution is -2.48. The summed E-state index contributed by atoms with van der Waals surface area (Å²) in [5.74, 6) is 4.00. The average Bonchev–Trinajstić information content (AvgIpc) is 2.57. The lowest BCUT2D eigenvalue weighted by atomic mass is 9.45. The molecular formula is C24H38ClN. The summed E-state index contributed by atoms with van der Waals surface area (Å²) in [6.07, 6.45) is 14.9. The van der Waals surface area contributed by atoms with Crippen molar-refractivity contribution in [3.05, 3.63) is 35.9 Å². The monoisotopic (exact) mass is 375 g/mol. The maximum absolute atomic E-state index is 2.43. The Labute approximate surface area is 167 Å². The molecule has 0 radical (unpaired) electrons. The standard InChI is InChI=1S/C24H37N.ClH/c1-25(2)12-8-4-7-11-23(22-9-5-3-6-10-22)24-16-19-13-20(17-24)15-21(14-19)18-24;/h3,5-6,9-10,19-21,23H,4,7-8,11-18H2,1-2H3;1H. The van der Waals surface area contributed by atoms with Crippen LogP contribution in [0.1, 0.15) is 75.7 Å². The highest BCUT2D eigenvalue weighted by molar-refractivity contribution is 5.85. The number of unbranched alkanes of at least 4 members (excludes halogenated alkanes) is 2. The van der Waals surface area contributed by atoms with Gasteiger partial charge in [-0.05, 0) is 107 Å². The molecule has 0 saturated heterocycles. The molecular weight excluding hydrogens is 338 g/mol. The largest absolute Gasteiger partial charge is 0.309 e. The molecule has 2 heteroatoms. The van der Waals surface area contributed by atoms with E-state index in [1.54, 1.807) is 24.8 Å². The van der Waals surface area contributed by atoms with Crippen molar-refractivity contribution in [3.8, 4) is 0 Å². The van der Waals surface area contributed by atoms with Gasteiger partial charge in [0.1, 0.15) is 0 Å². The Balaban J connectivity index is 0.00000196. The lowest BCUT2D eigenvalue weighted by Gasteiger charge is -2.60. The summed E-state index contributed by atoms with van der Waals surface area (Å²) in [5, 5.41) is 0. The van der Waals surface area contributed by atoms with Gasteiger partial charge < -0.3 is 4.90 Å². The van der Waals surface area contributed by atoms with Gasteiger partial charge in [0.05, 0.1) is 0 Å². The molecule has 0 aromatic heterocycles. The van der Waals surface area contributed by atoms with E-state index in [0.717, 1.165) is 23.7 Å². The molecule has 1 atom stereocenters. The Morgan fingerprint density at radius 3 is 2.00 bits per heavy atom. The molecule has 1 aromatic rings. The fraction of sp³-hybridized carbons (Fsp3) is 0.750. The Morgan fingerprint density at radius 2 is 1.46 bits per heavy atom. The van der Waals surface area contributed by atoms with Crippen molar-refractivity contribution in [2.24, 2.45) is 23.2 Å². The number of nitrogens with zero attached hydrogens (tertiary/aromatic N) is 1. The molecule has 1 aromatic carbocycles. The molecule has 1 unspecified atom stereocenters. The highest BCUT2D eigenvalue weighted by Gasteiger charge is 2.53. The summed E-state index contributed by atoms with van der Waals surface area (Å²) in [7, 11) is 4.39. The first kappa shape index (κ1) is 20.2. The van der Waals surface area contributed by atoms with E-state index in [2.05, 4.69) is 49.3 Å². The van der Waals surface area contributed by atoms with Gasteiger partial charge in [-0.1, -0.05) is 43.2 Å². The van der Waals surface area contributed by atoms with Crippen LogP contribution in [0.5, 0.6) is 0 Å². The molecule has 0 N–H and O–H groups in total. The van der Waals surface area contributed by atoms with E-state index in [4.69, 9.17) is 0 Å². The van der Waals surface area contributed by atoms with E-state index in [0.29, 0.717) is 5.41 Å². The van der Waals surface area contributed by atoms with Gasteiger partial charge in [0.2, 0.25) is 0 Å². The number of hydrogen-bond donors (Lipinski definition) is 0. The maximum atomic E-state index is 2.43. The van der Waals surface area contributed by atoms with Crippen LogP contribution in [0, 0.1) is 23.2 Å². The topological polar surface area (TPSA) is 3.24 Å². The molecule has 4 saturated carbocycles. The molecule has 4 aliphatic rings. The van der Waals surface area contributed by atoms with Gasteiger partial charge in [0, 0.05) is 0 Å². The third-order valence-corrected chi connectivity index (χ3v) is 7.62. The smallest absolute Gasteiger partial charge is 0.00248 e. The van der Waals surface area contributed by atoms with E-state index in [-0.39, 0.29) is 12.4 Å². The van der Waals surface area contributed by atoms with Crippen LogP contribution in [0.15, 0.2) is 30.3 Å². The lowest BCUT2D eigenvalue weighted by molar-refractivity contribution is -0.0704. The fourth-order valence-corrected chi connectivity index (χ4v) is 7.07. The van der Waals surface area contributed by atoms with Crippen LogP contribution in [-0.2, 0) is 0 Å². The highest BCUT2D eigenvalue weighted by Crippen LogP contribution is 2.65. The zero-order chi connectivity index (χ0) is 17.3. The van der Waals surface area contributed by atoms with Crippen LogP contribution in [0.4, 0.5) is 0 Å². The van der Waals surface area contributed by atoms with E-state index < -0.39 is 0 Å². The Bertz CT molecular complexity index is 517. The number of hydrogen-bond acceptors (Lipinski definition) is 1. The molecule has 26 heavy (non-hydrogen) atoms. The maximum Gasteiger partial charge on any atom is -0.00248 e. The SMILES string of the molecule is CN(C)CCCCCC(c1ccccc1)C12CC3CC(CC(C3)C1)C2.Cl. The quantitative estimate of drug-likeness (QED) is 0.467. The summed E-state index contributed by atoms with van der Waals surface area (Å²) in [6, 6.07) is 11.6. The van der Waals surface area contributed by atoms with Crippen LogP contribution in [0.25, 0.3) is 0 Å². The number of halogens is 1. The van der Waals surface area contributed by atoms with Crippen molar-refractivity contribution < 1.29 is 0 Å². The average molecular weight is 376 g/mol. The van der Waals surface area contributed by atoms with Crippen LogP contribution in [-0.4, -0.2) is 25.5 Å². The third-order valence-electron chi connectivity index (χ3n) is 7.62. The molecule has 4 bridgehead atoms. The van der Waals surface area contributed by atoms with Crippen molar-refractivity contribution in [1.82, 2.24) is 4.90 Å². The van der Waals surface area contributed by atoms with Crippen molar-refractivity contribution in [2.75, 3.05) is 20.6 Å². The zero-order valence-electron chi connectivity index (χ0n) is 16.8. The van der Waals surface area contributed by atoms with Crippen molar-refractivity contribution in [1.29, 1.82) is 0 Å². The van der Waals surface area contributed by atoms with Gasteiger partial charge in [-0.25, -0.2) is 0 Å². The predicted molar refractivity (Wildman–Crippen MR) is 114 cm³/mol. The van der Waals surface area contributed by atoms with E-state index in [1.807, 2.05) is 0 Å². The van der Waals surface area contributed by atoms with Crippen LogP contribution < -0.4 is 0 Å². The highest BCUT2D eigenvalue weighted by atomic mass is 35.5. The molecule has 4 fully saturated rings. The first-order chi connectivity index (χ1) is 12.1. The van der Waals surface area contributed by atoms with Crippen molar-refractivity contribution in [3.63, 3.8) is 0 Å².